The fourth-order valence-corrected chi connectivity index (χ4v) is 3.62. The van der Waals surface area contributed by atoms with Gasteiger partial charge in [-0.15, -0.1) is 0 Å². The summed E-state index contributed by atoms with van der Waals surface area (Å²) in [6.07, 6.45) is 1.41. The minimum Gasteiger partial charge on any atom is -0.483 e. The molecule has 172 valence electrons. The molecule has 0 spiro atoms. The van der Waals surface area contributed by atoms with Gasteiger partial charge >= 0.3 is 0 Å². The van der Waals surface area contributed by atoms with E-state index in [1.165, 1.54) is 6.08 Å². The standard InChI is InChI=1S/C26H21BrClN3O3/c1-16-5-3-8-23(17(16)2)31-25(32)15-34-24-10-9-20(27)12-18(24)11-19(14-29)26(33)30-22-7-4-6-21(28)13-22/h3-13H,15H2,1-2H3,(H,30,33)(H,31,32)/b19-11-. The molecule has 6 nitrogen and oxygen atoms in total. The van der Waals surface area contributed by atoms with Gasteiger partial charge in [-0.1, -0.05) is 45.7 Å². The smallest absolute Gasteiger partial charge is 0.266 e. The summed E-state index contributed by atoms with van der Waals surface area (Å²) in [6.45, 7) is 3.66. The Balaban J connectivity index is 1.76. The minimum atomic E-state index is -0.594. The number of nitrogens with zero attached hydrogens (tertiary/aromatic N) is 1. The van der Waals surface area contributed by atoms with E-state index in [4.69, 9.17) is 16.3 Å². The van der Waals surface area contributed by atoms with E-state index < -0.39 is 5.91 Å². The van der Waals surface area contributed by atoms with E-state index in [-0.39, 0.29) is 18.1 Å². The lowest BCUT2D eigenvalue weighted by Crippen LogP contribution is -2.21. The molecule has 3 aromatic carbocycles. The van der Waals surface area contributed by atoms with Crippen LogP contribution in [-0.2, 0) is 9.59 Å². The molecule has 0 saturated heterocycles. The molecule has 0 aromatic heterocycles. The third-order valence-corrected chi connectivity index (χ3v) is 5.69. The van der Waals surface area contributed by atoms with Crippen LogP contribution in [-0.4, -0.2) is 18.4 Å². The maximum absolute atomic E-state index is 12.6. The SMILES string of the molecule is Cc1cccc(NC(=O)COc2ccc(Br)cc2/C=C(/C#N)C(=O)Nc2cccc(Cl)c2)c1C. The highest BCUT2D eigenvalue weighted by Crippen LogP contribution is 2.26. The van der Waals surface area contributed by atoms with Crippen LogP contribution in [0.1, 0.15) is 16.7 Å². The summed E-state index contributed by atoms with van der Waals surface area (Å²) < 4.78 is 6.44. The molecule has 0 unspecified atom stereocenters. The van der Waals surface area contributed by atoms with Gasteiger partial charge in [-0.05, 0) is 73.5 Å². The molecule has 0 saturated carbocycles. The van der Waals surface area contributed by atoms with Gasteiger partial charge in [-0.2, -0.15) is 5.26 Å². The Morgan fingerprint density at radius 1 is 1.09 bits per heavy atom. The van der Waals surface area contributed by atoms with Crippen LogP contribution in [0.2, 0.25) is 5.02 Å². The summed E-state index contributed by atoms with van der Waals surface area (Å²) in [5.41, 5.74) is 3.56. The summed E-state index contributed by atoms with van der Waals surface area (Å²) in [7, 11) is 0. The van der Waals surface area contributed by atoms with Crippen molar-refractivity contribution in [3.8, 4) is 11.8 Å². The Morgan fingerprint density at radius 3 is 2.59 bits per heavy atom. The van der Waals surface area contributed by atoms with Crippen molar-refractivity contribution in [1.29, 1.82) is 5.26 Å². The van der Waals surface area contributed by atoms with E-state index in [9.17, 15) is 14.9 Å². The predicted molar refractivity (Wildman–Crippen MR) is 138 cm³/mol. The van der Waals surface area contributed by atoms with Crippen molar-refractivity contribution in [2.24, 2.45) is 0 Å². The van der Waals surface area contributed by atoms with E-state index in [1.54, 1.807) is 42.5 Å². The van der Waals surface area contributed by atoms with Gasteiger partial charge in [0.05, 0.1) is 0 Å². The number of rotatable bonds is 7. The monoisotopic (exact) mass is 537 g/mol. The van der Waals surface area contributed by atoms with Crippen LogP contribution < -0.4 is 15.4 Å². The first-order valence-corrected chi connectivity index (χ1v) is 11.4. The molecule has 0 radical (unpaired) electrons. The summed E-state index contributed by atoms with van der Waals surface area (Å²) >= 11 is 9.34. The number of hydrogen-bond acceptors (Lipinski definition) is 4. The highest BCUT2D eigenvalue weighted by atomic mass is 79.9. The summed E-state index contributed by atoms with van der Waals surface area (Å²) in [5, 5.41) is 15.5. The van der Waals surface area contributed by atoms with Crippen molar-refractivity contribution in [3.05, 3.63) is 92.4 Å². The lowest BCUT2D eigenvalue weighted by atomic mass is 10.1. The summed E-state index contributed by atoms with van der Waals surface area (Å²) in [5.74, 6) is -0.572. The Hall–Kier alpha value is -3.60. The maximum atomic E-state index is 12.6. The van der Waals surface area contributed by atoms with Crippen LogP contribution in [0.5, 0.6) is 5.75 Å². The lowest BCUT2D eigenvalue weighted by molar-refractivity contribution is -0.118. The zero-order valence-corrected chi connectivity index (χ0v) is 20.8. The van der Waals surface area contributed by atoms with E-state index in [0.717, 1.165) is 15.6 Å². The van der Waals surface area contributed by atoms with Crippen molar-refractivity contribution < 1.29 is 14.3 Å². The normalized spacial score (nSPS) is 10.9. The van der Waals surface area contributed by atoms with Crippen molar-refractivity contribution in [2.75, 3.05) is 17.2 Å². The predicted octanol–water partition coefficient (Wildman–Crippen LogP) is 6.28. The van der Waals surface area contributed by atoms with Crippen LogP contribution in [0.3, 0.4) is 0 Å². The van der Waals surface area contributed by atoms with Gasteiger partial charge in [0.1, 0.15) is 17.4 Å². The molecule has 0 bridgehead atoms. The Bertz CT molecular complexity index is 1310. The molecule has 0 heterocycles. The molecule has 0 fully saturated rings. The number of benzene rings is 3. The number of hydrogen-bond donors (Lipinski definition) is 2. The average molecular weight is 539 g/mol. The zero-order valence-electron chi connectivity index (χ0n) is 18.5. The molecular weight excluding hydrogens is 518 g/mol. The van der Waals surface area contributed by atoms with Gasteiger partial charge in [-0.3, -0.25) is 9.59 Å². The van der Waals surface area contributed by atoms with Crippen molar-refractivity contribution in [2.45, 2.75) is 13.8 Å². The first-order chi connectivity index (χ1) is 16.3. The van der Waals surface area contributed by atoms with Crippen LogP contribution >= 0.6 is 27.5 Å². The number of anilines is 2. The summed E-state index contributed by atoms with van der Waals surface area (Å²) in [6, 6.07) is 19.3. The molecule has 0 aliphatic rings. The minimum absolute atomic E-state index is 0.136. The van der Waals surface area contributed by atoms with Gasteiger partial charge in [0.15, 0.2) is 6.61 Å². The zero-order chi connectivity index (χ0) is 24.7. The number of carbonyl (C=O) groups excluding carboxylic acids is 2. The molecule has 3 aromatic rings. The van der Waals surface area contributed by atoms with Crippen LogP contribution in [0.4, 0.5) is 11.4 Å². The van der Waals surface area contributed by atoms with Crippen LogP contribution in [0.15, 0.2) is 70.7 Å². The molecule has 3 rings (SSSR count). The molecule has 0 atom stereocenters. The number of aryl methyl sites for hydroxylation is 1. The summed E-state index contributed by atoms with van der Waals surface area (Å²) in [4.78, 5) is 25.1. The van der Waals surface area contributed by atoms with E-state index >= 15 is 0 Å². The first kappa shape index (κ1) is 25.0. The highest BCUT2D eigenvalue weighted by molar-refractivity contribution is 9.10. The van der Waals surface area contributed by atoms with Crippen molar-refractivity contribution >= 4 is 56.8 Å². The Labute approximate surface area is 211 Å². The number of amides is 2. The number of carbonyl (C=O) groups is 2. The van der Waals surface area contributed by atoms with E-state index in [0.29, 0.717) is 27.7 Å². The second-order valence-electron chi connectivity index (χ2n) is 7.40. The van der Waals surface area contributed by atoms with Crippen LogP contribution in [0.25, 0.3) is 6.08 Å². The molecule has 0 aliphatic carbocycles. The van der Waals surface area contributed by atoms with E-state index in [1.807, 2.05) is 38.1 Å². The van der Waals surface area contributed by atoms with Crippen molar-refractivity contribution in [3.63, 3.8) is 0 Å². The van der Waals surface area contributed by atoms with Gasteiger partial charge in [0.2, 0.25) is 0 Å². The first-order valence-electron chi connectivity index (χ1n) is 10.2. The quantitative estimate of drug-likeness (QED) is 0.273. The van der Waals surface area contributed by atoms with Gasteiger partial charge in [-0.25, -0.2) is 0 Å². The fourth-order valence-electron chi connectivity index (χ4n) is 3.05. The van der Waals surface area contributed by atoms with Gasteiger partial charge < -0.3 is 15.4 Å². The second-order valence-corrected chi connectivity index (χ2v) is 8.75. The van der Waals surface area contributed by atoms with Crippen molar-refractivity contribution in [1.82, 2.24) is 0 Å². The molecular formula is C26H21BrClN3O3. The third kappa shape index (κ3) is 6.70. The maximum Gasteiger partial charge on any atom is 0.266 e. The molecule has 0 aliphatic heterocycles. The largest absolute Gasteiger partial charge is 0.483 e. The molecule has 34 heavy (non-hydrogen) atoms. The average Bonchev–Trinajstić information content (AvgIpc) is 2.79. The number of nitrogens with one attached hydrogen (secondary N) is 2. The van der Waals surface area contributed by atoms with Gasteiger partial charge in [0, 0.05) is 26.4 Å². The molecule has 8 heteroatoms. The number of nitriles is 1. The van der Waals surface area contributed by atoms with E-state index in [2.05, 4.69) is 26.6 Å². The lowest BCUT2D eigenvalue weighted by Gasteiger charge is -2.13. The number of halogens is 2. The topological polar surface area (TPSA) is 91.2 Å². The molecule has 2 N–H and O–H groups in total. The Kier molecular flexibility index (Phi) is 8.47. The highest BCUT2D eigenvalue weighted by Gasteiger charge is 2.13. The van der Waals surface area contributed by atoms with Crippen LogP contribution in [0, 0.1) is 25.2 Å². The second kappa shape index (κ2) is 11.5. The van der Waals surface area contributed by atoms with Gasteiger partial charge in [0.25, 0.3) is 11.8 Å². The number of ether oxygens (including phenoxy) is 1. The Morgan fingerprint density at radius 2 is 1.85 bits per heavy atom. The fraction of sp³-hybridized carbons (Fsp3) is 0.115. The third-order valence-electron chi connectivity index (χ3n) is 4.96. The molecule has 2 amide bonds.